The molecule has 3 aromatic rings. The summed E-state index contributed by atoms with van der Waals surface area (Å²) in [6.45, 7) is 0. The van der Waals surface area contributed by atoms with Gasteiger partial charge in [-0.05, 0) is 29.8 Å². The van der Waals surface area contributed by atoms with Gasteiger partial charge in [-0.25, -0.2) is 13.8 Å². The first kappa shape index (κ1) is 13.2. The molecule has 0 saturated carbocycles. The number of carbonyl (C=O) groups is 1. The second-order valence-electron chi connectivity index (χ2n) is 4.58. The average molecular weight is 287 g/mol. The van der Waals surface area contributed by atoms with Gasteiger partial charge in [0, 0.05) is 0 Å². The van der Waals surface area contributed by atoms with E-state index in [-0.39, 0.29) is 12.3 Å². The Morgan fingerprint density at radius 3 is 2.71 bits per heavy atom. The first-order valence-corrected chi connectivity index (χ1v) is 6.30. The summed E-state index contributed by atoms with van der Waals surface area (Å²) in [4.78, 5) is 19.0. The van der Waals surface area contributed by atoms with Crippen molar-refractivity contribution in [2.24, 2.45) is 0 Å². The van der Waals surface area contributed by atoms with Gasteiger partial charge in [0.1, 0.15) is 0 Å². The summed E-state index contributed by atoms with van der Waals surface area (Å²) in [7, 11) is 0. The number of fused-ring (bicyclic) bond motifs is 1. The zero-order valence-electron chi connectivity index (χ0n) is 10.9. The number of hydrogen-bond donors (Lipinski definition) is 2. The van der Waals surface area contributed by atoms with E-state index in [9.17, 15) is 13.6 Å². The average Bonchev–Trinajstić information content (AvgIpc) is 2.84. The Morgan fingerprint density at radius 1 is 1.14 bits per heavy atom. The van der Waals surface area contributed by atoms with E-state index in [4.69, 9.17) is 0 Å². The minimum absolute atomic E-state index is 0.0613. The number of nitrogens with one attached hydrogen (secondary N) is 2. The number of nitrogens with zero attached hydrogens (tertiary/aromatic N) is 1. The van der Waals surface area contributed by atoms with Crippen LogP contribution in [0.25, 0.3) is 11.0 Å². The fourth-order valence-electron chi connectivity index (χ4n) is 2.02. The first-order chi connectivity index (χ1) is 10.1. The third kappa shape index (κ3) is 2.89. The number of aromatic nitrogens is 2. The van der Waals surface area contributed by atoms with Gasteiger partial charge in [-0.2, -0.15) is 0 Å². The molecule has 0 unspecified atom stereocenters. The number of benzene rings is 2. The summed E-state index contributed by atoms with van der Waals surface area (Å²) in [5.41, 5.74) is 1.93. The quantitative estimate of drug-likeness (QED) is 0.778. The number of H-pyrrole nitrogens is 1. The van der Waals surface area contributed by atoms with Crippen molar-refractivity contribution >= 4 is 22.9 Å². The van der Waals surface area contributed by atoms with Gasteiger partial charge in [0.15, 0.2) is 11.6 Å². The molecule has 0 spiro atoms. The van der Waals surface area contributed by atoms with Crippen LogP contribution in [0.2, 0.25) is 0 Å². The lowest BCUT2D eigenvalue weighted by molar-refractivity contribution is -0.115. The molecule has 0 radical (unpaired) electrons. The van der Waals surface area contributed by atoms with Gasteiger partial charge in [0.2, 0.25) is 11.9 Å². The van der Waals surface area contributed by atoms with Crippen molar-refractivity contribution in [3.8, 4) is 0 Å². The summed E-state index contributed by atoms with van der Waals surface area (Å²) in [5.74, 6) is -1.94. The van der Waals surface area contributed by atoms with E-state index in [0.29, 0.717) is 11.5 Å². The van der Waals surface area contributed by atoms with Gasteiger partial charge in [-0.3, -0.25) is 10.1 Å². The van der Waals surface area contributed by atoms with Crippen molar-refractivity contribution in [2.75, 3.05) is 5.32 Å². The second kappa shape index (κ2) is 5.32. The largest absolute Gasteiger partial charge is 0.324 e. The molecule has 0 atom stereocenters. The second-order valence-corrected chi connectivity index (χ2v) is 4.58. The van der Waals surface area contributed by atoms with E-state index in [1.807, 2.05) is 24.3 Å². The Labute approximate surface area is 118 Å². The Balaban J connectivity index is 1.72. The maximum atomic E-state index is 13.1. The summed E-state index contributed by atoms with van der Waals surface area (Å²) in [6.07, 6.45) is -0.0613. The third-order valence-corrected chi connectivity index (χ3v) is 3.00. The van der Waals surface area contributed by atoms with Crippen molar-refractivity contribution in [1.82, 2.24) is 9.97 Å². The maximum Gasteiger partial charge on any atom is 0.231 e. The highest BCUT2D eigenvalue weighted by Crippen LogP contribution is 2.14. The Morgan fingerprint density at radius 2 is 1.95 bits per heavy atom. The summed E-state index contributed by atoms with van der Waals surface area (Å²) >= 11 is 0. The highest BCUT2D eigenvalue weighted by atomic mass is 19.2. The number of hydrogen-bond acceptors (Lipinski definition) is 2. The fourth-order valence-corrected chi connectivity index (χ4v) is 2.02. The third-order valence-electron chi connectivity index (χ3n) is 3.00. The number of rotatable bonds is 3. The monoisotopic (exact) mass is 287 g/mol. The molecule has 1 amide bonds. The molecule has 0 bridgehead atoms. The van der Waals surface area contributed by atoms with Gasteiger partial charge in [-0.15, -0.1) is 0 Å². The maximum absolute atomic E-state index is 13.1. The number of para-hydroxylation sites is 2. The number of carbonyl (C=O) groups excluding carboxylic acids is 1. The Hall–Kier alpha value is -2.76. The summed E-state index contributed by atoms with van der Waals surface area (Å²) in [5, 5.41) is 2.59. The standard InChI is InChI=1S/C15H11F2N3O/c16-10-6-5-9(7-11(10)17)8-14(21)20-15-18-12-3-1-2-4-13(12)19-15/h1-7H,8H2,(H2,18,19,20,21). The van der Waals surface area contributed by atoms with Gasteiger partial charge in [0.25, 0.3) is 0 Å². The van der Waals surface area contributed by atoms with E-state index in [1.165, 1.54) is 6.07 Å². The summed E-state index contributed by atoms with van der Waals surface area (Å²) < 4.78 is 25.9. The van der Waals surface area contributed by atoms with Crippen LogP contribution in [-0.2, 0) is 11.2 Å². The topological polar surface area (TPSA) is 57.8 Å². The molecule has 106 valence electrons. The van der Waals surface area contributed by atoms with Crippen molar-refractivity contribution in [3.05, 3.63) is 59.7 Å². The Bertz CT molecular complexity index is 781. The molecule has 0 fully saturated rings. The summed E-state index contributed by atoms with van der Waals surface area (Å²) in [6, 6.07) is 10.7. The minimum Gasteiger partial charge on any atom is -0.324 e. The van der Waals surface area contributed by atoms with E-state index < -0.39 is 11.6 Å². The molecule has 1 heterocycles. The van der Waals surface area contributed by atoms with Gasteiger partial charge < -0.3 is 4.98 Å². The smallest absolute Gasteiger partial charge is 0.231 e. The molecule has 6 heteroatoms. The van der Waals surface area contributed by atoms with E-state index in [2.05, 4.69) is 15.3 Å². The van der Waals surface area contributed by atoms with Crippen molar-refractivity contribution in [3.63, 3.8) is 0 Å². The zero-order valence-corrected chi connectivity index (χ0v) is 10.9. The van der Waals surface area contributed by atoms with Crippen LogP contribution in [-0.4, -0.2) is 15.9 Å². The van der Waals surface area contributed by atoms with Crippen LogP contribution in [0.15, 0.2) is 42.5 Å². The van der Waals surface area contributed by atoms with Gasteiger partial charge >= 0.3 is 0 Å². The van der Waals surface area contributed by atoms with Crippen LogP contribution in [0.1, 0.15) is 5.56 Å². The molecular weight excluding hydrogens is 276 g/mol. The predicted octanol–water partition coefficient (Wildman–Crippen LogP) is 3.02. The van der Waals surface area contributed by atoms with Crippen molar-refractivity contribution < 1.29 is 13.6 Å². The lowest BCUT2D eigenvalue weighted by Gasteiger charge is -2.02. The molecule has 0 saturated heterocycles. The molecule has 2 N–H and O–H groups in total. The number of imidazole rings is 1. The van der Waals surface area contributed by atoms with E-state index in [0.717, 1.165) is 23.2 Å². The molecular formula is C15H11F2N3O. The highest BCUT2D eigenvalue weighted by Gasteiger charge is 2.09. The number of halogens is 2. The molecule has 4 nitrogen and oxygen atoms in total. The van der Waals surface area contributed by atoms with Crippen LogP contribution in [0.3, 0.4) is 0 Å². The number of aromatic amines is 1. The van der Waals surface area contributed by atoms with Crippen LogP contribution in [0, 0.1) is 11.6 Å². The highest BCUT2D eigenvalue weighted by molar-refractivity contribution is 5.92. The molecule has 1 aromatic heterocycles. The molecule has 0 aliphatic carbocycles. The minimum atomic E-state index is -0.968. The Kier molecular flexibility index (Phi) is 3.35. The van der Waals surface area contributed by atoms with Gasteiger partial charge in [0.05, 0.1) is 17.5 Å². The molecule has 3 rings (SSSR count). The molecule has 0 aliphatic heterocycles. The zero-order chi connectivity index (χ0) is 14.8. The lowest BCUT2D eigenvalue weighted by atomic mass is 10.1. The van der Waals surface area contributed by atoms with Crippen LogP contribution in [0.4, 0.5) is 14.7 Å². The van der Waals surface area contributed by atoms with E-state index >= 15 is 0 Å². The molecule has 21 heavy (non-hydrogen) atoms. The normalized spacial score (nSPS) is 10.8. The number of anilines is 1. The number of amides is 1. The van der Waals surface area contributed by atoms with Gasteiger partial charge in [-0.1, -0.05) is 18.2 Å². The predicted molar refractivity (Wildman–Crippen MR) is 74.8 cm³/mol. The van der Waals surface area contributed by atoms with Crippen molar-refractivity contribution in [2.45, 2.75) is 6.42 Å². The van der Waals surface area contributed by atoms with Crippen LogP contribution < -0.4 is 5.32 Å². The van der Waals surface area contributed by atoms with E-state index in [1.54, 1.807) is 0 Å². The fraction of sp³-hybridized carbons (Fsp3) is 0.0667. The molecule has 2 aromatic carbocycles. The van der Waals surface area contributed by atoms with Crippen LogP contribution >= 0.6 is 0 Å². The SMILES string of the molecule is O=C(Cc1ccc(F)c(F)c1)Nc1nc2ccccc2[nH]1. The van der Waals surface area contributed by atoms with Crippen molar-refractivity contribution in [1.29, 1.82) is 0 Å². The lowest BCUT2D eigenvalue weighted by Crippen LogP contribution is -2.15. The molecule has 0 aliphatic rings. The van der Waals surface area contributed by atoms with Crippen LogP contribution in [0.5, 0.6) is 0 Å². The first-order valence-electron chi connectivity index (χ1n) is 6.30.